The molecule has 29 nitrogen and oxygen atoms in total. The van der Waals surface area contributed by atoms with Crippen LogP contribution in [-0.2, 0) is 60.7 Å². The van der Waals surface area contributed by atoms with Crippen molar-refractivity contribution in [2.45, 2.75) is 57.1 Å². The van der Waals surface area contributed by atoms with E-state index in [1.807, 2.05) is 0 Å². The molecule has 0 aliphatic carbocycles. The molecule has 0 spiro atoms. The van der Waals surface area contributed by atoms with Gasteiger partial charge in [0.15, 0.2) is 0 Å². The van der Waals surface area contributed by atoms with Crippen molar-refractivity contribution in [2.75, 3.05) is 5.32 Å². The summed E-state index contributed by atoms with van der Waals surface area (Å²) in [6, 6.07) is 18.6. The van der Waals surface area contributed by atoms with E-state index in [-0.39, 0.29) is 234 Å². The predicted molar refractivity (Wildman–Crippen MR) is 305 cm³/mol. The number of anilines is 1. The Bertz CT molecular complexity index is 5260. The number of aliphatic imine (C=N–C) groups is 5. The van der Waals surface area contributed by atoms with Crippen LogP contribution in [0, 0.1) is 27.7 Å². The molecule has 0 aromatic heterocycles. The maximum atomic E-state index is 13.7. The van der Waals surface area contributed by atoms with Crippen LogP contribution in [0.15, 0.2) is 176 Å². The average molecular weight is 1460 g/mol. The van der Waals surface area contributed by atoms with Crippen LogP contribution in [0.25, 0.3) is 21.5 Å². The molecular formula is C53H38N6Na6O23S6. The largest absolute Gasteiger partial charge is 1.00 e. The van der Waals surface area contributed by atoms with Gasteiger partial charge >= 0.3 is 177 Å². The SMILES string of the molecule is Cc1ccc(C([O-])=Nc2cc(C([O-])=Nc3ccc(S(=O)(=O)O)c4cc(S(=O)(=O)[O-])cc(S(=O)(=O)O)c34)ccc2C)cc1N=C([O-])Nc1cc(C([O-])=Nc2cc(C([O-])=Nc3ccc(S(=O)(=O)O)c4cc(S(=O)(=O)O)cc(S(=O)(=O)O)c34)ccc2C)ccc1C.[Na+].[Na+].[Na+].[Na+].[Na+].[Na+]. The zero-order chi connectivity index (χ0) is 65.1. The van der Waals surface area contributed by atoms with E-state index in [9.17, 15) is 103 Å². The summed E-state index contributed by atoms with van der Waals surface area (Å²) < 4.78 is 208. The number of aryl methyl sites for hydroxylation is 4. The quantitative estimate of drug-likeness (QED) is 0.0226. The van der Waals surface area contributed by atoms with Crippen LogP contribution in [-0.4, -0.2) is 107 Å². The zero-order valence-corrected chi connectivity index (χ0v) is 67.7. The first-order valence-corrected chi connectivity index (χ1v) is 32.8. The van der Waals surface area contributed by atoms with Crippen molar-refractivity contribution in [2.24, 2.45) is 25.0 Å². The normalized spacial score (nSPS) is 12.9. The average Bonchev–Trinajstić information content (AvgIpc) is 0.748. The summed E-state index contributed by atoms with van der Waals surface area (Å²) in [5, 5.41) is 67.2. The molecule has 0 atom stereocenters. The number of hydrogen-bond donors (Lipinski definition) is 6. The van der Waals surface area contributed by atoms with Gasteiger partial charge in [-0.15, -0.1) is 0 Å². The van der Waals surface area contributed by atoms with Crippen LogP contribution in [0.4, 0.5) is 34.1 Å². The van der Waals surface area contributed by atoms with E-state index in [1.54, 1.807) is 13.8 Å². The minimum Gasteiger partial charge on any atom is -0.858 e. The number of benzene rings is 8. The monoisotopic (exact) mass is 1460 g/mol. The van der Waals surface area contributed by atoms with E-state index in [2.05, 4.69) is 30.3 Å². The van der Waals surface area contributed by atoms with E-state index >= 15 is 0 Å². The van der Waals surface area contributed by atoms with E-state index in [0.717, 1.165) is 24.3 Å². The Hall–Kier alpha value is -3.11. The van der Waals surface area contributed by atoms with Gasteiger partial charge in [0.25, 0.3) is 50.6 Å². The molecule has 94 heavy (non-hydrogen) atoms. The number of nitrogens with zero attached hydrogens (tertiary/aromatic N) is 5. The van der Waals surface area contributed by atoms with Gasteiger partial charge in [-0.2, -0.15) is 42.1 Å². The molecule has 8 aromatic carbocycles. The molecule has 0 fully saturated rings. The Balaban J connectivity index is 0.00000501. The fourth-order valence-corrected chi connectivity index (χ4v) is 12.6. The Morgan fingerprint density at radius 3 is 0.968 bits per heavy atom. The third-order valence-electron chi connectivity index (χ3n) is 12.9. The molecule has 460 valence electrons. The smallest absolute Gasteiger partial charge is 0.858 e. The van der Waals surface area contributed by atoms with Gasteiger partial charge in [-0.1, -0.05) is 48.5 Å². The molecule has 0 heterocycles. The van der Waals surface area contributed by atoms with E-state index in [0.29, 0.717) is 46.5 Å². The molecule has 0 amide bonds. The number of amidine groups is 1. The van der Waals surface area contributed by atoms with Crippen LogP contribution < -0.4 is 208 Å². The van der Waals surface area contributed by atoms with Crippen molar-refractivity contribution in [1.29, 1.82) is 0 Å². The molecule has 41 heteroatoms. The molecule has 0 aliphatic heterocycles. The standard InChI is InChI=1S/C53H44N6O23S6.6Na/c1-25-5-9-29(49(60)54-37-13-15-43(85(71,72)73)35-21-33(83(65,66)67)23-45(47(35)37)87(77,78)79)17-39(25)56-51(62)31-11-7-27(3)41(19-31)58-53(64)59-42-20-32(12-8-28(42)4)52(63)57-40-18-30(10-6-26(40)2)50(61)55-38-14-16-44(86(74,75)76)36-22-34(84(68,69)70)24-46(48(36)38)88(80,81)82;;;;;;/h5-24H,1-4H3,(H,54,60)(H,55,61)(H,56,62)(H,57,63)(H2,58,59,64)(H,65,66,67)(H,68,69,70)(H,71,72,73)(H,74,75,76)(H,77,78,79)(H,80,81,82);;;;;;/q;6*+1/p-6. The van der Waals surface area contributed by atoms with Crippen molar-refractivity contribution in [3.05, 3.63) is 166 Å². The topological polar surface area (TPSA) is 518 Å². The number of rotatable bonds is 16. The maximum Gasteiger partial charge on any atom is 1.00 e. The van der Waals surface area contributed by atoms with Crippen molar-refractivity contribution in [1.82, 2.24) is 0 Å². The van der Waals surface area contributed by atoms with Gasteiger partial charge in [-0.25, -0.2) is 13.4 Å². The van der Waals surface area contributed by atoms with Crippen LogP contribution in [0.5, 0.6) is 0 Å². The summed E-state index contributed by atoms with van der Waals surface area (Å²) in [4.78, 5) is 12.6. The summed E-state index contributed by atoms with van der Waals surface area (Å²) in [5.41, 5.74) is -0.856. The second kappa shape index (κ2) is 33.4. The molecular weight excluding hydrogens is 1420 g/mol. The van der Waals surface area contributed by atoms with Gasteiger partial charge in [0.05, 0.1) is 44.2 Å². The fraction of sp³-hybridized carbons (Fsp3) is 0.0755. The van der Waals surface area contributed by atoms with Crippen LogP contribution >= 0.6 is 0 Å². The zero-order valence-electron chi connectivity index (χ0n) is 50.8. The Kier molecular flexibility index (Phi) is 30.9. The molecule has 0 radical (unpaired) electrons. The molecule has 0 bridgehead atoms. The first-order valence-electron chi connectivity index (χ1n) is 24.1. The van der Waals surface area contributed by atoms with Crippen molar-refractivity contribution >= 4 is 146 Å². The molecule has 8 rings (SSSR count). The van der Waals surface area contributed by atoms with Crippen molar-refractivity contribution < 1.29 is 281 Å². The van der Waals surface area contributed by atoms with Crippen molar-refractivity contribution in [3.8, 4) is 0 Å². The van der Waals surface area contributed by atoms with Gasteiger partial charge in [0.1, 0.15) is 29.7 Å². The summed E-state index contributed by atoms with van der Waals surface area (Å²) in [6.45, 7) is 6.16. The van der Waals surface area contributed by atoms with Crippen molar-refractivity contribution in [3.63, 3.8) is 0 Å². The summed E-state index contributed by atoms with van der Waals surface area (Å²) in [6.07, 6.45) is 0. The summed E-state index contributed by atoms with van der Waals surface area (Å²) in [5.74, 6) is -4.19. The summed E-state index contributed by atoms with van der Waals surface area (Å²) in [7, 11) is -32.3. The summed E-state index contributed by atoms with van der Waals surface area (Å²) >= 11 is 0. The Morgan fingerprint density at radius 2 is 0.638 bits per heavy atom. The molecule has 8 aromatic rings. The minimum atomic E-state index is -5.53. The minimum absolute atomic E-state index is 0. The first-order chi connectivity index (χ1) is 40.6. The van der Waals surface area contributed by atoms with Crippen LogP contribution in [0.2, 0.25) is 0 Å². The third-order valence-corrected chi connectivity index (χ3v) is 18.1. The van der Waals surface area contributed by atoms with Gasteiger partial charge in [0.2, 0.25) is 0 Å². The molecule has 0 aliphatic rings. The number of hydrogen-bond acceptors (Lipinski definition) is 23. The van der Waals surface area contributed by atoms with Gasteiger partial charge in [-0.3, -0.25) is 42.7 Å². The van der Waals surface area contributed by atoms with E-state index in [4.69, 9.17) is 0 Å². The molecule has 6 N–H and O–H groups in total. The van der Waals surface area contributed by atoms with Gasteiger partial charge in [-0.05, 0) is 169 Å². The number of fused-ring (bicyclic) bond motifs is 2. The van der Waals surface area contributed by atoms with Crippen LogP contribution in [0.1, 0.15) is 44.5 Å². The molecule has 0 unspecified atom stereocenters. The molecule has 0 saturated heterocycles. The Labute approximate surface area is 670 Å². The number of nitrogens with one attached hydrogen (secondary N) is 1. The van der Waals surface area contributed by atoms with Crippen LogP contribution in [0.3, 0.4) is 0 Å². The third kappa shape index (κ3) is 20.5. The Morgan fingerprint density at radius 1 is 0.340 bits per heavy atom. The second-order valence-corrected chi connectivity index (χ2v) is 27.3. The maximum absolute atomic E-state index is 13.7. The van der Waals surface area contributed by atoms with E-state index < -0.39 is 153 Å². The predicted octanol–water partition coefficient (Wildman–Crippen LogP) is -15.4. The van der Waals surface area contributed by atoms with Gasteiger partial charge < -0.3 is 35.4 Å². The fourth-order valence-electron chi connectivity index (χ4n) is 8.52. The second-order valence-electron chi connectivity index (χ2n) is 18.9. The van der Waals surface area contributed by atoms with Gasteiger partial charge in [0, 0.05) is 27.2 Å². The van der Waals surface area contributed by atoms with E-state index in [1.165, 1.54) is 74.5 Å². The first kappa shape index (κ1) is 87.0. The molecule has 0 saturated carbocycles.